The number of nitrogens with zero attached hydrogens (tertiary/aromatic N) is 3. The summed E-state index contributed by atoms with van der Waals surface area (Å²) in [6.07, 6.45) is 1.58. The van der Waals surface area contributed by atoms with Gasteiger partial charge in [0, 0.05) is 22.9 Å². The van der Waals surface area contributed by atoms with Crippen molar-refractivity contribution in [2.45, 2.75) is 17.5 Å². The Morgan fingerprint density at radius 3 is 2.61 bits per heavy atom. The van der Waals surface area contributed by atoms with E-state index in [4.69, 9.17) is 16.0 Å². The van der Waals surface area contributed by atoms with Gasteiger partial charge in [-0.05, 0) is 59.7 Å². The first kappa shape index (κ1) is 23.8. The Balaban J connectivity index is 1.37. The minimum Gasteiger partial charge on any atom is -0.461 e. The van der Waals surface area contributed by atoms with Gasteiger partial charge < -0.3 is 9.73 Å². The summed E-state index contributed by atoms with van der Waals surface area (Å²) in [7, 11) is 0. The van der Waals surface area contributed by atoms with E-state index in [1.165, 1.54) is 23.9 Å². The van der Waals surface area contributed by atoms with E-state index in [1.54, 1.807) is 36.6 Å². The van der Waals surface area contributed by atoms with Gasteiger partial charge in [-0.1, -0.05) is 59.8 Å². The van der Waals surface area contributed by atoms with E-state index in [0.29, 0.717) is 39.6 Å². The van der Waals surface area contributed by atoms with E-state index >= 15 is 0 Å². The molecule has 5 aromatic rings. The molecule has 0 bridgehead atoms. The van der Waals surface area contributed by atoms with E-state index in [2.05, 4.69) is 15.5 Å². The Labute approximate surface area is 216 Å². The lowest BCUT2D eigenvalue weighted by Crippen LogP contribution is -2.23. The van der Waals surface area contributed by atoms with Crippen LogP contribution in [0.5, 0.6) is 0 Å². The molecule has 2 aromatic heterocycles. The molecule has 0 unspecified atom stereocenters. The highest BCUT2D eigenvalue weighted by Crippen LogP contribution is 2.31. The standard InChI is InChI=1S/C27H20ClFN4O2S/c28-20-6-3-7-22(15-20)33-25(24-9-4-14-35-24)31-32-27(33)36-17-19-5-1-2-8-23(19)26(34)30-16-18-10-12-21(29)13-11-18/h1-15H,16-17H2,(H,30,34). The van der Waals surface area contributed by atoms with Gasteiger partial charge in [-0.2, -0.15) is 0 Å². The molecule has 180 valence electrons. The molecule has 0 saturated carbocycles. The number of hydrogen-bond donors (Lipinski definition) is 1. The van der Waals surface area contributed by atoms with Gasteiger partial charge in [0.05, 0.1) is 12.0 Å². The second-order valence-corrected chi connectivity index (χ2v) is 9.23. The average Bonchev–Trinajstić information content (AvgIpc) is 3.57. The zero-order chi connectivity index (χ0) is 24.9. The molecule has 3 aromatic carbocycles. The van der Waals surface area contributed by atoms with Crippen LogP contribution in [0.1, 0.15) is 21.5 Å². The predicted octanol–water partition coefficient (Wildman–Crippen LogP) is 6.54. The largest absolute Gasteiger partial charge is 0.461 e. The number of thioether (sulfide) groups is 1. The second kappa shape index (κ2) is 10.8. The van der Waals surface area contributed by atoms with Crippen molar-refractivity contribution in [3.8, 4) is 17.3 Å². The number of aromatic nitrogens is 3. The summed E-state index contributed by atoms with van der Waals surface area (Å²) in [4.78, 5) is 12.9. The fourth-order valence-corrected chi connectivity index (χ4v) is 4.81. The molecule has 0 aliphatic heterocycles. The van der Waals surface area contributed by atoms with Crippen molar-refractivity contribution in [1.82, 2.24) is 20.1 Å². The van der Waals surface area contributed by atoms with Gasteiger partial charge in [0.2, 0.25) is 5.82 Å². The van der Waals surface area contributed by atoms with Crippen LogP contribution in [0.25, 0.3) is 17.3 Å². The summed E-state index contributed by atoms with van der Waals surface area (Å²) in [6, 6.07) is 24.5. The van der Waals surface area contributed by atoms with Gasteiger partial charge in [-0.3, -0.25) is 9.36 Å². The topological polar surface area (TPSA) is 73.0 Å². The first-order valence-corrected chi connectivity index (χ1v) is 12.4. The average molecular weight is 519 g/mol. The number of carbonyl (C=O) groups is 1. The smallest absolute Gasteiger partial charge is 0.251 e. The molecule has 2 heterocycles. The Morgan fingerprint density at radius 2 is 1.83 bits per heavy atom. The maximum absolute atomic E-state index is 13.2. The highest BCUT2D eigenvalue weighted by Gasteiger charge is 2.19. The quantitative estimate of drug-likeness (QED) is 0.236. The van der Waals surface area contributed by atoms with Crippen molar-refractivity contribution in [3.05, 3.63) is 119 Å². The Kier molecular flexibility index (Phi) is 7.16. The van der Waals surface area contributed by atoms with Crippen molar-refractivity contribution in [2.24, 2.45) is 0 Å². The predicted molar refractivity (Wildman–Crippen MR) is 138 cm³/mol. The third-order valence-corrected chi connectivity index (χ3v) is 6.64. The molecular weight excluding hydrogens is 499 g/mol. The summed E-state index contributed by atoms with van der Waals surface area (Å²) in [5, 5.41) is 12.9. The number of hydrogen-bond acceptors (Lipinski definition) is 5. The molecule has 1 N–H and O–H groups in total. The number of halogens is 2. The molecule has 0 saturated heterocycles. The van der Waals surface area contributed by atoms with Crippen molar-refractivity contribution >= 4 is 29.3 Å². The summed E-state index contributed by atoms with van der Waals surface area (Å²) >= 11 is 7.70. The van der Waals surface area contributed by atoms with Crippen molar-refractivity contribution < 1.29 is 13.6 Å². The zero-order valence-electron chi connectivity index (χ0n) is 18.9. The highest BCUT2D eigenvalue weighted by atomic mass is 35.5. The van der Waals surface area contributed by atoms with Crippen LogP contribution in [-0.2, 0) is 12.3 Å². The van der Waals surface area contributed by atoms with Crippen LogP contribution in [-0.4, -0.2) is 20.7 Å². The van der Waals surface area contributed by atoms with Gasteiger partial charge in [-0.15, -0.1) is 10.2 Å². The summed E-state index contributed by atoms with van der Waals surface area (Å²) in [6.45, 7) is 0.302. The van der Waals surface area contributed by atoms with Gasteiger partial charge in [0.1, 0.15) is 5.82 Å². The first-order chi connectivity index (χ1) is 17.6. The van der Waals surface area contributed by atoms with Gasteiger partial charge in [0.15, 0.2) is 10.9 Å². The van der Waals surface area contributed by atoms with Crippen LogP contribution in [0.3, 0.4) is 0 Å². The summed E-state index contributed by atoms with van der Waals surface area (Å²) < 4.78 is 20.6. The molecule has 0 aliphatic rings. The Bertz CT molecular complexity index is 1490. The van der Waals surface area contributed by atoms with Crippen LogP contribution in [0, 0.1) is 5.82 Å². The van der Waals surface area contributed by atoms with Gasteiger partial charge in [0.25, 0.3) is 5.91 Å². The molecule has 0 radical (unpaired) electrons. The lowest BCUT2D eigenvalue weighted by molar-refractivity contribution is 0.0950. The van der Waals surface area contributed by atoms with Crippen LogP contribution in [0.4, 0.5) is 4.39 Å². The van der Waals surface area contributed by atoms with E-state index in [-0.39, 0.29) is 11.7 Å². The SMILES string of the molecule is O=C(NCc1ccc(F)cc1)c1ccccc1CSc1nnc(-c2ccco2)n1-c1cccc(Cl)c1. The minimum atomic E-state index is -0.312. The zero-order valence-corrected chi connectivity index (χ0v) is 20.5. The van der Waals surface area contributed by atoms with E-state index in [9.17, 15) is 9.18 Å². The molecular formula is C27H20ClFN4O2S. The maximum atomic E-state index is 13.2. The number of furan rings is 1. The van der Waals surface area contributed by atoms with E-state index < -0.39 is 0 Å². The van der Waals surface area contributed by atoms with Gasteiger partial charge in [-0.25, -0.2) is 4.39 Å². The number of carbonyl (C=O) groups excluding carboxylic acids is 1. The molecule has 5 rings (SSSR count). The molecule has 9 heteroatoms. The Hall–Kier alpha value is -3.88. The van der Waals surface area contributed by atoms with Crippen molar-refractivity contribution in [1.29, 1.82) is 0 Å². The Morgan fingerprint density at radius 1 is 1.00 bits per heavy atom. The third-order valence-electron chi connectivity index (χ3n) is 5.43. The molecule has 6 nitrogen and oxygen atoms in total. The van der Waals surface area contributed by atoms with Crippen molar-refractivity contribution in [2.75, 3.05) is 0 Å². The van der Waals surface area contributed by atoms with Crippen molar-refractivity contribution in [3.63, 3.8) is 0 Å². The molecule has 36 heavy (non-hydrogen) atoms. The molecule has 0 atom stereocenters. The fourth-order valence-electron chi connectivity index (χ4n) is 3.67. The van der Waals surface area contributed by atoms with Crippen LogP contribution >= 0.6 is 23.4 Å². The maximum Gasteiger partial charge on any atom is 0.251 e. The summed E-state index contributed by atoms with van der Waals surface area (Å²) in [5.74, 6) is 1.10. The number of amides is 1. The van der Waals surface area contributed by atoms with Crippen LogP contribution in [0.15, 0.2) is 101 Å². The monoisotopic (exact) mass is 518 g/mol. The molecule has 0 spiro atoms. The lowest BCUT2D eigenvalue weighted by atomic mass is 10.1. The minimum absolute atomic E-state index is 0.205. The number of rotatable bonds is 8. The molecule has 0 aliphatic carbocycles. The fraction of sp³-hybridized carbons (Fsp3) is 0.0741. The van der Waals surface area contributed by atoms with Gasteiger partial charge >= 0.3 is 0 Å². The summed E-state index contributed by atoms with van der Waals surface area (Å²) in [5.41, 5.74) is 3.02. The van der Waals surface area contributed by atoms with E-state index in [0.717, 1.165) is 16.8 Å². The molecule has 1 amide bonds. The number of nitrogens with one attached hydrogen (secondary N) is 1. The molecule has 0 fully saturated rings. The third kappa shape index (κ3) is 5.35. The first-order valence-electron chi connectivity index (χ1n) is 11.1. The second-order valence-electron chi connectivity index (χ2n) is 7.85. The van der Waals surface area contributed by atoms with Crippen LogP contribution < -0.4 is 5.32 Å². The lowest BCUT2D eigenvalue weighted by Gasteiger charge is -2.12. The normalized spacial score (nSPS) is 10.9. The van der Waals surface area contributed by atoms with E-state index in [1.807, 2.05) is 47.0 Å². The van der Waals surface area contributed by atoms with Crippen LogP contribution in [0.2, 0.25) is 5.02 Å². The number of benzene rings is 3. The highest BCUT2D eigenvalue weighted by molar-refractivity contribution is 7.98.